The molecule has 0 saturated carbocycles. The zero-order valence-electron chi connectivity index (χ0n) is 14.2. The van der Waals surface area contributed by atoms with Gasteiger partial charge in [0.05, 0.1) is 13.2 Å². The molecule has 3 heterocycles. The number of nitrogens with zero attached hydrogens (tertiary/aromatic N) is 2. The number of rotatable bonds is 2. The molecule has 1 spiro atoms. The number of hydrogen-bond acceptors (Lipinski definition) is 4. The van der Waals surface area contributed by atoms with Crippen molar-refractivity contribution >= 4 is 11.7 Å². The van der Waals surface area contributed by atoms with Gasteiger partial charge in [0.15, 0.2) is 5.79 Å². The predicted octanol–water partition coefficient (Wildman–Crippen LogP) is 2.05. The average Bonchev–Trinajstić information content (AvgIpc) is 2.98. The molecule has 0 unspecified atom stereocenters. The number of ether oxygens (including phenoxy) is 2. The minimum absolute atomic E-state index is 0.00325. The van der Waals surface area contributed by atoms with Crippen molar-refractivity contribution in [3.63, 3.8) is 0 Å². The van der Waals surface area contributed by atoms with Crippen molar-refractivity contribution in [3.8, 4) is 0 Å². The lowest BCUT2D eigenvalue weighted by Crippen LogP contribution is -2.64. The highest BCUT2D eigenvalue weighted by atomic mass is 16.7. The third kappa shape index (κ3) is 3.01. The Morgan fingerprint density at radius 3 is 2.50 bits per heavy atom. The molecule has 0 aliphatic carbocycles. The molecule has 2 amide bonds. The molecular weight excluding hydrogens is 306 g/mol. The lowest BCUT2D eigenvalue weighted by molar-refractivity contribution is -0.190. The predicted molar refractivity (Wildman–Crippen MR) is 91.0 cm³/mol. The molecule has 6 nitrogen and oxygen atoms in total. The Bertz CT molecular complexity index is 599. The Balaban J connectivity index is 1.25. The number of amides is 2. The highest BCUT2D eigenvalue weighted by molar-refractivity contribution is 5.90. The number of piperidine rings is 1. The Morgan fingerprint density at radius 1 is 1.17 bits per heavy atom. The fraction of sp³-hybridized carbons (Fsp3) is 0.611. The molecule has 0 radical (unpaired) electrons. The number of hydrogen-bond donors (Lipinski definition) is 1. The fourth-order valence-corrected chi connectivity index (χ4v) is 3.78. The van der Waals surface area contributed by atoms with Crippen LogP contribution in [0.5, 0.6) is 0 Å². The van der Waals surface area contributed by atoms with E-state index in [0.717, 1.165) is 63.5 Å². The SMILES string of the molecule is Cc1ccccc1NC(=O)N1CC(N2CCC3(CC2)OCCO3)C1. The number of nitrogens with one attached hydrogen (secondary N) is 1. The molecule has 0 bridgehead atoms. The average molecular weight is 331 g/mol. The van der Waals surface area contributed by atoms with Gasteiger partial charge in [-0.05, 0) is 18.6 Å². The molecule has 1 aromatic rings. The third-order valence-electron chi connectivity index (χ3n) is 5.43. The van der Waals surface area contributed by atoms with Crippen molar-refractivity contribution in [2.24, 2.45) is 0 Å². The maximum absolute atomic E-state index is 12.3. The molecule has 4 rings (SSSR count). The van der Waals surface area contributed by atoms with Gasteiger partial charge in [0.2, 0.25) is 0 Å². The maximum Gasteiger partial charge on any atom is 0.321 e. The number of benzene rings is 1. The summed E-state index contributed by atoms with van der Waals surface area (Å²) in [5.41, 5.74) is 1.97. The summed E-state index contributed by atoms with van der Waals surface area (Å²) in [5, 5.41) is 3.00. The number of aryl methyl sites for hydroxylation is 1. The Kier molecular flexibility index (Phi) is 4.20. The van der Waals surface area contributed by atoms with Crippen LogP contribution in [-0.4, -0.2) is 67.1 Å². The normalized spacial score (nSPS) is 24.1. The Hall–Kier alpha value is -1.63. The molecule has 24 heavy (non-hydrogen) atoms. The first-order chi connectivity index (χ1) is 11.7. The number of anilines is 1. The fourth-order valence-electron chi connectivity index (χ4n) is 3.78. The molecule has 130 valence electrons. The summed E-state index contributed by atoms with van der Waals surface area (Å²) < 4.78 is 11.5. The summed E-state index contributed by atoms with van der Waals surface area (Å²) in [6.07, 6.45) is 1.86. The van der Waals surface area contributed by atoms with Crippen LogP contribution in [0.1, 0.15) is 18.4 Å². The van der Waals surface area contributed by atoms with E-state index in [1.807, 2.05) is 36.1 Å². The maximum atomic E-state index is 12.3. The van der Waals surface area contributed by atoms with Crippen LogP contribution in [0, 0.1) is 6.92 Å². The zero-order chi connectivity index (χ0) is 16.6. The van der Waals surface area contributed by atoms with Gasteiger partial charge in [0.1, 0.15) is 0 Å². The van der Waals surface area contributed by atoms with E-state index in [9.17, 15) is 4.79 Å². The van der Waals surface area contributed by atoms with E-state index in [1.54, 1.807) is 0 Å². The van der Waals surface area contributed by atoms with Gasteiger partial charge in [0, 0.05) is 50.7 Å². The standard InChI is InChI=1S/C18H25N3O3/c1-14-4-2-3-5-16(14)19-17(22)21-12-15(13-21)20-8-6-18(7-9-20)23-10-11-24-18/h2-5,15H,6-13H2,1H3,(H,19,22). The minimum atomic E-state index is -0.317. The van der Waals surface area contributed by atoms with E-state index < -0.39 is 0 Å². The van der Waals surface area contributed by atoms with Crippen molar-refractivity contribution in [1.82, 2.24) is 9.80 Å². The molecular formula is C18H25N3O3. The van der Waals surface area contributed by atoms with Gasteiger partial charge in [-0.3, -0.25) is 4.90 Å². The van der Waals surface area contributed by atoms with Crippen LogP contribution in [0.4, 0.5) is 10.5 Å². The van der Waals surface area contributed by atoms with Crippen LogP contribution in [0.2, 0.25) is 0 Å². The molecule has 3 aliphatic rings. The number of carbonyl (C=O) groups is 1. The number of likely N-dealkylation sites (tertiary alicyclic amines) is 2. The molecule has 3 aliphatic heterocycles. The van der Waals surface area contributed by atoms with E-state index in [4.69, 9.17) is 9.47 Å². The zero-order valence-corrected chi connectivity index (χ0v) is 14.2. The Morgan fingerprint density at radius 2 is 1.83 bits per heavy atom. The molecule has 6 heteroatoms. The van der Waals surface area contributed by atoms with Gasteiger partial charge in [-0.2, -0.15) is 0 Å². The summed E-state index contributed by atoms with van der Waals surface area (Å²) in [7, 11) is 0. The van der Waals surface area contributed by atoms with E-state index in [-0.39, 0.29) is 11.8 Å². The van der Waals surface area contributed by atoms with E-state index in [0.29, 0.717) is 6.04 Å². The highest BCUT2D eigenvalue weighted by Crippen LogP contribution is 2.33. The van der Waals surface area contributed by atoms with Crippen LogP contribution >= 0.6 is 0 Å². The second-order valence-electron chi connectivity index (χ2n) is 6.95. The number of urea groups is 1. The first kappa shape index (κ1) is 15.9. The van der Waals surface area contributed by atoms with Gasteiger partial charge in [-0.25, -0.2) is 4.79 Å². The van der Waals surface area contributed by atoms with E-state index >= 15 is 0 Å². The van der Waals surface area contributed by atoms with Gasteiger partial charge < -0.3 is 19.7 Å². The van der Waals surface area contributed by atoms with Crippen LogP contribution < -0.4 is 5.32 Å². The number of carbonyl (C=O) groups excluding carboxylic acids is 1. The van der Waals surface area contributed by atoms with Crippen LogP contribution in [-0.2, 0) is 9.47 Å². The molecule has 3 saturated heterocycles. The van der Waals surface area contributed by atoms with E-state index in [1.165, 1.54) is 0 Å². The molecule has 3 fully saturated rings. The van der Waals surface area contributed by atoms with Crippen LogP contribution in [0.3, 0.4) is 0 Å². The first-order valence-corrected chi connectivity index (χ1v) is 8.79. The Labute approximate surface area is 142 Å². The first-order valence-electron chi connectivity index (χ1n) is 8.79. The van der Waals surface area contributed by atoms with E-state index in [2.05, 4.69) is 10.2 Å². The van der Waals surface area contributed by atoms with Crippen LogP contribution in [0.15, 0.2) is 24.3 Å². The van der Waals surface area contributed by atoms with Gasteiger partial charge in [-0.15, -0.1) is 0 Å². The molecule has 0 aromatic heterocycles. The molecule has 1 N–H and O–H groups in total. The van der Waals surface area contributed by atoms with Gasteiger partial charge in [-0.1, -0.05) is 18.2 Å². The highest BCUT2D eigenvalue weighted by Gasteiger charge is 2.43. The second kappa shape index (κ2) is 6.35. The summed E-state index contributed by atoms with van der Waals surface area (Å²) in [4.78, 5) is 16.7. The monoisotopic (exact) mass is 331 g/mol. The quantitative estimate of drug-likeness (QED) is 0.901. The minimum Gasteiger partial charge on any atom is -0.347 e. The molecule has 1 aromatic carbocycles. The topological polar surface area (TPSA) is 54.0 Å². The number of para-hydroxylation sites is 1. The van der Waals surface area contributed by atoms with Crippen molar-refractivity contribution in [3.05, 3.63) is 29.8 Å². The largest absolute Gasteiger partial charge is 0.347 e. The van der Waals surface area contributed by atoms with Gasteiger partial charge in [0.25, 0.3) is 0 Å². The molecule has 0 atom stereocenters. The van der Waals surface area contributed by atoms with Crippen molar-refractivity contribution in [2.75, 3.05) is 44.7 Å². The summed E-state index contributed by atoms with van der Waals surface area (Å²) in [6.45, 7) is 7.01. The summed E-state index contributed by atoms with van der Waals surface area (Å²) >= 11 is 0. The van der Waals surface area contributed by atoms with Crippen molar-refractivity contribution in [2.45, 2.75) is 31.6 Å². The van der Waals surface area contributed by atoms with Crippen molar-refractivity contribution < 1.29 is 14.3 Å². The van der Waals surface area contributed by atoms with Crippen LogP contribution in [0.25, 0.3) is 0 Å². The van der Waals surface area contributed by atoms with Crippen molar-refractivity contribution in [1.29, 1.82) is 0 Å². The second-order valence-corrected chi connectivity index (χ2v) is 6.95. The van der Waals surface area contributed by atoms with Gasteiger partial charge >= 0.3 is 6.03 Å². The lowest BCUT2D eigenvalue weighted by atomic mass is 9.99. The summed E-state index contributed by atoms with van der Waals surface area (Å²) in [6, 6.07) is 8.33. The summed E-state index contributed by atoms with van der Waals surface area (Å²) in [5.74, 6) is -0.317. The third-order valence-corrected chi connectivity index (χ3v) is 5.43. The smallest absolute Gasteiger partial charge is 0.321 e. The lowest BCUT2D eigenvalue weighted by Gasteiger charge is -2.48.